The summed E-state index contributed by atoms with van der Waals surface area (Å²) in [7, 11) is 0. The molecular formula is C11H13FN4S. The molecule has 0 fully saturated rings. The molecule has 0 amide bonds. The minimum Gasteiger partial charge on any atom is -0.330 e. The zero-order valence-corrected chi connectivity index (χ0v) is 10.2. The topological polar surface area (TPSA) is 67.6 Å². The molecule has 0 aliphatic carbocycles. The fraction of sp³-hybridized carbons (Fsp3) is 0.273. The van der Waals surface area contributed by atoms with E-state index in [0.717, 1.165) is 5.56 Å². The second-order valence-electron chi connectivity index (χ2n) is 3.61. The Balaban J connectivity index is 2.16. The van der Waals surface area contributed by atoms with E-state index >= 15 is 0 Å². The molecule has 0 radical (unpaired) electrons. The Labute approximate surface area is 103 Å². The summed E-state index contributed by atoms with van der Waals surface area (Å²) in [4.78, 5) is 4.63. The van der Waals surface area contributed by atoms with E-state index < -0.39 is 0 Å². The Morgan fingerprint density at radius 2 is 2.29 bits per heavy atom. The van der Waals surface area contributed by atoms with Crippen molar-refractivity contribution in [2.45, 2.75) is 23.4 Å². The van der Waals surface area contributed by atoms with Crippen LogP contribution in [0.1, 0.15) is 11.4 Å². The van der Waals surface area contributed by atoms with Gasteiger partial charge in [0.2, 0.25) is 5.16 Å². The fourth-order valence-corrected chi connectivity index (χ4v) is 2.18. The fourth-order valence-electron chi connectivity index (χ4n) is 1.42. The first kappa shape index (κ1) is 12.1. The van der Waals surface area contributed by atoms with Gasteiger partial charge < -0.3 is 5.73 Å². The number of nitrogens with two attached hydrogens (primary N) is 1. The van der Waals surface area contributed by atoms with Gasteiger partial charge in [-0.15, -0.1) is 5.10 Å². The van der Waals surface area contributed by atoms with E-state index in [1.165, 1.54) is 17.8 Å². The van der Waals surface area contributed by atoms with Crippen LogP contribution in [-0.4, -0.2) is 21.7 Å². The molecule has 0 saturated carbocycles. The van der Waals surface area contributed by atoms with Crippen LogP contribution in [0.3, 0.4) is 0 Å². The van der Waals surface area contributed by atoms with Crippen LogP contribution in [0.15, 0.2) is 28.3 Å². The summed E-state index contributed by atoms with van der Waals surface area (Å²) in [5.74, 6) is 0.455. The number of H-pyrrole nitrogens is 1. The first-order chi connectivity index (χ1) is 8.19. The van der Waals surface area contributed by atoms with Gasteiger partial charge in [-0.2, -0.15) is 0 Å². The van der Waals surface area contributed by atoms with Crippen LogP contribution in [0.4, 0.5) is 4.39 Å². The third-order valence-electron chi connectivity index (χ3n) is 2.21. The van der Waals surface area contributed by atoms with Crippen LogP contribution in [0, 0.1) is 12.7 Å². The SMILES string of the molecule is Cc1nc(Sc2ccc(CCN)cc2F)n[nH]1. The highest BCUT2D eigenvalue weighted by Gasteiger charge is 2.08. The molecule has 1 aromatic carbocycles. The molecule has 3 N–H and O–H groups in total. The van der Waals surface area contributed by atoms with Gasteiger partial charge in [0, 0.05) is 0 Å². The molecule has 90 valence electrons. The van der Waals surface area contributed by atoms with Gasteiger partial charge in [-0.3, -0.25) is 5.10 Å². The number of halogens is 1. The summed E-state index contributed by atoms with van der Waals surface area (Å²) in [6.07, 6.45) is 0.682. The molecule has 0 saturated heterocycles. The average molecular weight is 252 g/mol. The van der Waals surface area contributed by atoms with Gasteiger partial charge in [-0.25, -0.2) is 9.37 Å². The number of aromatic amines is 1. The second kappa shape index (κ2) is 5.29. The van der Waals surface area contributed by atoms with Gasteiger partial charge in [0.25, 0.3) is 0 Å². The number of hydrogen-bond acceptors (Lipinski definition) is 4. The first-order valence-corrected chi connectivity index (χ1v) is 6.06. The molecule has 1 aromatic heterocycles. The zero-order chi connectivity index (χ0) is 12.3. The second-order valence-corrected chi connectivity index (χ2v) is 4.62. The summed E-state index contributed by atoms with van der Waals surface area (Å²) in [6.45, 7) is 2.32. The Morgan fingerprint density at radius 1 is 1.47 bits per heavy atom. The van der Waals surface area contributed by atoms with E-state index in [0.29, 0.717) is 28.8 Å². The Hall–Kier alpha value is -1.40. The molecule has 4 nitrogen and oxygen atoms in total. The lowest BCUT2D eigenvalue weighted by Gasteiger charge is -2.03. The largest absolute Gasteiger partial charge is 0.330 e. The van der Waals surface area contributed by atoms with Crippen molar-refractivity contribution >= 4 is 11.8 Å². The quantitative estimate of drug-likeness (QED) is 0.872. The smallest absolute Gasteiger partial charge is 0.213 e. The summed E-state index contributed by atoms with van der Waals surface area (Å²) >= 11 is 1.20. The minimum atomic E-state index is -0.261. The Kier molecular flexibility index (Phi) is 3.75. The first-order valence-electron chi connectivity index (χ1n) is 5.24. The van der Waals surface area contributed by atoms with E-state index in [1.807, 2.05) is 6.07 Å². The zero-order valence-electron chi connectivity index (χ0n) is 9.40. The molecule has 0 aliphatic rings. The number of aromatic nitrogens is 3. The maximum absolute atomic E-state index is 13.7. The van der Waals surface area contributed by atoms with Crippen molar-refractivity contribution in [2.75, 3.05) is 6.54 Å². The molecule has 17 heavy (non-hydrogen) atoms. The predicted molar refractivity (Wildman–Crippen MR) is 64.4 cm³/mol. The number of rotatable bonds is 4. The third-order valence-corrected chi connectivity index (χ3v) is 3.12. The Bertz CT molecular complexity index is 512. The molecule has 2 aromatic rings. The average Bonchev–Trinajstić information content (AvgIpc) is 2.69. The monoisotopic (exact) mass is 252 g/mol. The van der Waals surface area contributed by atoms with Crippen molar-refractivity contribution in [3.05, 3.63) is 35.4 Å². The molecule has 0 spiro atoms. The van der Waals surface area contributed by atoms with E-state index in [1.54, 1.807) is 13.0 Å². The van der Waals surface area contributed by atoms with Crippen molar-refractivity contribution in [3.8, 4) is 0 Å². The number of nitrogens with one attached hydrogen (secondary N) is 1. The Morgan fingerprint density at radius 3 is 2.88 bits per heavy atom. The standard InChI is InChI=1S/C11H13FN4S/c1-7-14-11(16-15-7)17-10-3-2-8(4-5-13)6-9(10)12/h2-3,6H,4-5,13H2,1H3,(H,14,15,16). The number of benzene rings is 1. The highest BCUT2D eigenvalue weighted by Crippen LogP contribution is 2.27. The van der Waals surface area contributed by atoms with Crippen LogP contribution in [0.2, 0.25) is 0 Å². The lowest BCUT2D eigenvalue weighted by Crippen LogP contribution is -2.02. The summed E-state index contributed by atoms with van der Waals surface area (Å²) in [5, 5.41) is 7.19. The third kappa shape index (κ3) is 3.04. The van der Waals surface area contributed by atoms with Gasteiger partial charge in [0.05, 0.1) is 4.90 Å². The van der Waals surface area contributed by atoms with Crippen LogP contribution < -0.4 is 5.73 Å². The van der Waals surface area contributed by atoms with Crippen LogP contribution in [-0.2, 0) is 6.42 Å². The summed E-state index contributed by atoms with van der Waals surface area (Å²) in [5.41, 5.74) is 6.33. The number of hydrogen-bond donors (Lipinski definition) is 2. The van der Waals surface area contributed by atoms with Gasteiger partial charge >= 0.3 is 0 Å². The van der Waals surface area contributed by atoms with Gasteiger partial charge in [-0.1, -0.05) is 6.07 Å². The lowest BCUT2D eigenvalue weighted by molar-refractivity contribution is 0.599. The minimum absolute atomic E-state index is 0.261. The highest BCUT2D eigenvalue weighted by molar-refractivity contribution is 7.99. The molecule has 0 unspecified atom stereocenters. The summed E-state index contributed by atoms with van der Waals surface area (Å²) < 4.78 is 13.7. The van der Waals surface area contributed by atoms with E-state index in [2.05, 4.69) is 15.2 Å². The van der Waals surface area contributed by atoms with Crippen molar-refractivity contribution < 1.29 is 4.39 Å². The van der Waals surface area contributed by atoms with Crippen molar-refractivity contribution in [1.82, 2.24) is 15.2 Å². The van der Waals surface area contributed by atoms with Crippen LogP contribution in [0.5, 0.6) is 0 Å². The maximum Gasteiger partial charge on any atom is 0.213 e. The van der Waals surface area contributed by atoms with Crippen molar-refractivity contribution in [1.29, 1.82) is 0 Å². The molecule has 0 bridgehead atoms. The van der Waals surface area contributed by atoms with Crippen molar-refractivity contribution in [2.24, 2.45) is 5.73 Å². The predicted octanol–water partition coefficient (Wildman–Crippen LogP) is 1.90. The van der Waals surface area contributed by atoms with Gasteiger partial charge in [-0.05, 0) is 49.3 Å². The van der Waals surface area contributed by atoms with Crippen molar-refractivity contribution in [3.63, 3.8) is 0 Å². The summed E-state index contributed by atoms with van der Waals surface area (Å²) in [6, 6.07) is 5.11. The van der Waals surface area contributed by atoms with Crippen LogP contribution in [0.25, 0.3) is 0 Å². The molecule has 0 atom stereocenters. The van der Waals surface area contributed by atoms with Crippen LogP contribution >= 0.6 is 11.8 Å². The number of nitrogens with zero attached hydrogens (tertiary/aromatic N) is 2. The van der Waals surface area contributed by atoms with E-state index in [9.17, 15) is 4.39 Å². The normalized spacial score (nSPS) is 10.8. The molecule has 0 aliphatic heterocycles. The lowest BCUT2D eigenvalue weighted by atomic mass is 10.1. The highest BCUT2D eigenvalue weighted by atomic mass is 32.2. The molecule has 2 rings (SSSR count). The van der Waals surface area contributed by atoms with E-state index in [-0.39, 0.29) is 5.82 Å². The maximum atomic E-state index is 13.7. The number of aryl methyl sites for hydroxylation is 1. The molecule has 1 heterocycles. The van der Waals surface area contributed by atoms with E-state index in [4.69, 9.17) is 5.73 Å². The molecular weight excluding hydrogens is 239 g/mol. The molecule has 6 heteroatoms. The van der Waals surface area contributed by atoms with Gasteiger partial charge in [0.15, 0.2) is 0 Å². The van der Waals surface area contributed by atoms with Gasteiger partial charge in [0.1, 0.15) is 11.6 Å².